The third-order valence-corrected chi connectivity index (χ3v) is 4.38. The van der Waals surface area contributed by atoms with Gasteiger partial charge in [0.25, 0.3) is 0 Å². The van der Waals surface area contributed by atoms with Crippen LogP contribution < -0.4 is 10.6 Å². The summed E-state index contributed by atoms with van der Waals surface area (Å²) >= 11 is 0. The minimum Gasteiger partial charge on any atom is -0.370 e. The summed E-state index contributed by atoms with van der Waals surface area (Å²) in [6.45, 7) is 3.97. The molecule has 0 saturated carbocycles. The summed E-state index contributed by atoms with van der Waals surface area (Å²) in [6, 6.07) is 15.7. The van der Waals surface area contributed by atoms with E-state index in [1.807, 2.05) is 6.07 Å². The first-order chi connectivity index (χ1) is 10.6. The van der Waals surface area contributed by atoms with Crippen molar-refractivity contribution in [2.75, 3.05) is 18.0 Å². The minimum absolute atomic E-state index is 0.159. The van der Waals surface area contributed by atoms with Gasteiger partial charge in [-0.3, -0.25) is 0 Å². The molecule has 2 N–H and O–H groups in total. The molecule has 22 heavy (non-hydrogen) atoms. The van der Waals surface area contributed by atoms with Crippen LogP contribution in [0, 0.1) is 18.7 Å². The first-order valence-corrected chi connectivity index (χ1v) is 7.92. The SMILES string of the molecule is Cc1ccc(N2CC(N)CC(Cc3cccc(F)c3)C2)cc1. The van der Waals surface area contributed by atoms with Gasteiger partial charge in [-0.15, -0.1) is 0 Å². The van der Waals surface area contributed by atoms with Gasteiger partial charge in [-0.1, -0.05) is 29.8 Å². The van der Waals surface area contributed by atoms with Gasteiger partial charge in [0.2, 0.25) is 0 Å². The number of hydrogen-bond donors (Lipinski definition) is 1. The highest BCUT2D eigenvalue weighted by atomic mass is 19.1. The molecule has 1 aliphatic heterocycles. The Morgan fingerprint density at radius 3 is 2.64 bits per heavy atom. The van der Waals surface area contributed by atoms with E-state index in [9.17, 15) is 4.39 Å². The average Bonchev–Trinajstić information content (AvgIpc) is 2.47. The second-order valence-corrected chi connectivity index (χ2v) is 6.44. The Morgan fingerprint density at radius 1 is 1.14 bits per heavy atom. The van der Waals surface area contributed by atoms with E-state index in [4.69, 9.17) is 5.73 Å². The first-order valence-electron chi connectivity index (χ1n) is 7.92. The molecule has 1 heterocycles. The Kier molecular flexibility index (Phi) is 4.44. The molecule has 3 rings (SSSR count). The molecule has 0 aromatic heterocycles. The summed E-state index contributed by atoms with van der Waals surface area (Å²) in [7, 11) is 0. The summed E-state index contributed by atoms with van der Waals surface area (Å²) in [5.74, 6) is 0.305. The fraction of sp³-hybridized carbons (Fsp3) is 0.368. The molecular formula is C19H23FN2. The lowest BCUT2D eigenvalue weighted by Crippen LogP contribution is -2.47. The molecular weight excluding hydrogens is 275 g/mol. The number of aryl methyl sites for hydroxylation is 1. The number of rotatable bonds is 3. The van der Waals surface area contributed by atoms with Gasteiger partial charge in [0.15, 0.2) is 0 Å². The molecule has 2 aromatic rings. The molecule has 1 saturated heterocycles. The van der Waals surface area contributed by atoms with E-state index < -0.39 is 0 Å². The zero-order valence-corrected chi connectivity index (χ0v) is 13.0. The van der Waals surface area contributed by atoms with Crippen molar-refractivity contribution in [1.29, 1.82) is 0 Å². The molecule has 1 aliphatic rings. The largest absolute Gasteiger partial charge is 0.370 e. The van der Waals surface area contributed by atoms with Crippen LogP contribution in [0.5, 0.6) is 0 Å². The van der Waals surface area contributed by atoms with Crippen LogP contribution in [0.25, 0.3) is 0 Å². The topological polar surface area (TPSA) is 29.3 Å². The Hall–Kier alpha value is -1.87. The van der Waals surface area contributed by atoms with E-state index in [0.717, 1.165) is 31.5 Å². The Labute approximate surface area is 131 Å². The Morgan fingerprint density at radius 2 is 1.91 bits per heavy atom. The van der Waals surface area contributed by atoms with E-state index in [2.05, 4.69) is 36.1 Å². The zero-order chi connectivity index (χ0) is 15.5. The van der Waals surface area contributed by atoms with Gasteiger partial charge in [-0.25, -0.2) is 4.39 Å². The van der Waals surface area contributed by atoms with E-state index in [1.54, 1.807) is 12.1 Å². The zero-order valence-electron chi connectivity index (χ0n) is 13.0. The molecule has 0 aliphatic carbocycles. The van der Waals surface area contributed by atoms with E-state index in [-0.39, 0.29) is 11.9 Å². The summed E-state index contributed by atoms with van der Waals surface area (Å²) in [5.41, 5.74) is 9.80. The van der Waals surface area contributed by atoms with Gasteiger partial charge in [0.05, 0.1) is 0 Å². The second-order valence-electron chi connectivity index (χ2n) is 6.44. The van der Waals surface area contributed by atoms with Crippen molar-refractivity contribution in [1.82, 2.24) is 0 Å². The minimum atomic E-state index is -0.159. The predicted octanol–water partition coefficient (Wildman–Crippen LogP) is 3.53. The Bertz CT molecular complexity index is 624. The molecule has 2 aromatic carbocycles. The highest BCUT2D eigenvalue weighted by molar-refractivity contribution is 5.48. The van der Waals surface area contributed by atoms with Crippen molar-refractivity contribution in [3.63, 3.8) is 0 Å². The smallest absolute Gasteiger partial charge is 0.123 e. The van der Waals surface area contributed by atoms with Crippen LogP contribution in [-0.4, -0.2) is 19.1 Å². The van der Waals surface area contributed by atoms with Crippen LogP contribution in [0.2, 0.25) is 0 Å². The number of hydrogen-bond acceptors (Lipinski definition) is 2. The number of nitrogens with two attached hydrogens (primary N) is 1. The lowest BCUT2D eigenvalue weighted by Gasteiger charge is -2.38. The molecule has 2 nitrogen and oxygen atoms in total. The summed E-state index contributed by atoms with van der Waals surface area (Å²) < 4.78 is 13.3. The van der Waals surface area contributed by atoms with Crippen molar-refractivity contribution >= 4 is 5.69 Å². The molecule has 2 atom stereocenters. The highest BCUT2D eigenvalue weighted by Crippen LogP contribution is 2.25. The summed E-state index contributed by atoms with van der Waals surface area (Å²) in [6.07, 6.45) is 1.88. The lowest BCUT2D eigenvalue weighted by atomic mass is 9.88. The maximum Gasteiger partial charge on any atom is 0.123 e. The third kappa shape index (κ3) is 3.66. The van der Waals surface area contributed by atoms with Crippen molar-refractivity contribution in [2.45, 2.75) is 25.8 Å². The van der Waals surface area contributed by atoms with Gasteiger partial charge in [-0.05, 0) is 55.5 Å². The normalized spacial score (nSPS) is 21.9. The molecule has 0 amide bonds. The maximum absolute atomic E-state index is 13.3. The molecule has 0 radical (unpaired) electrons. The standard InChI is InChI=1S/C19H23FN2/c1-14-5-7-19(8-6-14)22-12-16(11-18(21)13-22)9-15-3-2-4-17(20)10-15/h2-8,10,16,18H,9,11-13,21H2,1H3. The quantitative estimate of drug-likeness (QED) is 0.939. The van der Waals surface area contributed by atoms with Gasteiger partial charge in [0, 0.05) is 24.8 Å². The number of benzene rings is 2. The molecule has 116 valence electrons. The van der Waals surface area contributed by atoms with Crippen LogP contribution in [-0.2, 0) is 6.42 Å². The van der Waals surface area contributed by atoms with Crippen LogP contribution >= 0.6 is 0 Å². The fourth-order valence-corrected chi connectivity index (χ4v) is 3.36. The van der Waals surface area contributed by atoms with E-state index >= 15 is 0 Å². The monoisotopic (exact) mass is 298 g/mol. The van der Waals surface area contributed by atoms with Crippen LogP contribution in [0.1, 0.15) is 17.5 Å². The fourth-order valence-electron chi connectivity index (χ4n) is 3.36. The number of nitrogens with zero attached hydrogens (tertiary/aromatic N) is 1. The van der Waals surface area contributed by atoms with Crippen LogP contribution in [0.4, 0.5) is 10.1 Å². The van der Waals surface area contributed by atoms with Crippen LogP contribution in [0.15, 0.2) is 48.5 Å². The van der Waals surface area contributed by atoms with Gasteiger partial charge < -0.3 is 10.6 Å². The molecule has 0 spiro atoms. The van der Waals surface area contributed by atoms with Gasteiger partial charge >= 0.3 is 0 Å². The molecule has 0 bridgehead atoms. The van der Waals surface area contributed by atoms with Gasteiger partial charge in [0.1, 0.15) is 5.82 Å². The van der Waals surface area contributed by atoms with Crippen molar-refractivity contribution in [3.8, 4) is 0 Å². The van der Waals surface area contributed by atoms with Crippen molar-refractivity contribution in [3.05, 3.63) is 65.5 Å². The number of halogens is 1. The number of anilines is 1. The molecule has 2 unspecified atom stereocenters. The first kappa shape index (κ1) is 15.0. The maximum atomic E-state index is 13.3. The van der Waals surface area contributed by atoms with E-state index in [1.165, 1.54) is 17.3 Å². The summed E-state index contributed by atoms with van der Waals surface area (Å²) in [4.78, 5) is 2.36. The van der Waals surface area contributed by atoms with Crippen molar-refractivity contribution in [2.24, 2.45) is 11.7 Å². The average molecular weight is 298 g/mol. The molecule has 1 fully saturated rings. The Balaban J connectivity index is 1.72. The third-order valence-electron chi connectivity index (χ3n) is 4.38. The van der Waals surface area contributed by atoms with E-state index in [0.29, 0.717) is 5.92 Å². The lowest BCUT2D eigenvalue weighted by molar-refractivity contribution is 0.374. The van der Waals surface area contributed by atoms with Crippen LogP contribution in [0.3, 0.4) is 0 Å². The number of piperidine rings is 1. The summed E-state index contributed by atoms with van der Waals surface area (Å²) in [5, 5.41) is 0. The predicted molar refractivity (Wildman–Crippen MR) is 89.6 cm³/mol. The van der Waals surface area contributed by atoms with Crippen molar-refractivity contribution < 1.29 is 4.39 Å². The van der Waals surface area contributed by atoms with Gasteiger partial charge in [-0.2, -0.15) is 0 Å². The second kappa shape index (κ2) is 6.49. The highest BCUT2D eigenvalue weighted by Gasteiger charge is 2.25. The molecule has 3 heteroatoms.